The Morgan fingerprint density at radius 1 is 1.37 bits per heavy atom. The van der Waals surface area contributed by atoms with Crippen molar-refractivity contribution < 1.29 is 9.22 Å². The molecule has 2 atom stereocenters. The SMILES string of the molecule is CCN(C)CCC(C)OC(c1cccs1)[N+](C)(C)C. The fourth-order valence-corrected chi connectivity index (χ4v) is 2.87. The van der Waals surface area contributed by atoms with Crippen molar-refractivity contribution in [3.63, 3.8) is 0 Å². The number of hydrogen-bond donors (Lipinski definition) is 0. The van der Waals surface area contributed by atoms with Crippen molar-refractivity contribution in [3.8, 4) is 0 Å². The molecule has 0 amide bonds. The smallest absolute Gasteiger partial charge is 0.229 e. The van der Waals surface area contributed by atoms with Crippen LogP contribution < -0.4 is 0 Å². The summed E-state index contributed by atoms with van der Waals surface area (Å²) in [6.07, 6.45) is 1.48. The van der Waals surface area contributed by atoms with Gasteiger partial charge in [0.2, 0.25) is 6.23 Å². The van der Waals surface area contributed by atoms with Crippen LogP contribution in [0.4, 0.5) is 0 Å². The lowest BCUT2D eigenvalue weighted by atomic mass is 10.2. The summed E-state index contributed by atoms with van der Waals surface area (Å²) in [4.78, 5) is 3.63. The van der Waals surface area contributed by atoms with E-state index in [4.69, 9.17) is 4.74 Å². The summed E-state index contributed by atoms with van der Waals surface area (Å²) >= 11 is 1.78. The van der Waals surface area contributed by atoms with Gasteiger partial charge in [0.15, 0.2) is 0 Å². The monoisotopic (exact) mass is 285 g/mol. The molecular weight excluding hydrogens is 256 g/mol. The highest BCUT2D eigenvalue weighted by atomic mass is 32.1. The van der Waals surface area contributed by atoms with Gasteiger partial charge in [-0.3, -0.25) is 0 Å². The van der Waals surface area contributed by atoms with E-state index in [0.29, 0.717) is 0 Å². The molecule has 1 aromatic heterocycles. The van der Waals surface area contributed by atoms with Gasteiger partial charge in [-0.25, -0.2) is 0 Å². The van der Waals surface area contributed by atoms with Gasteiger partial charge in [0.1, 0.15) is 0 Å². The maximum Gasteiger partial charge on any atom is 0.229 e. The molecule has 1 heterocycles. The third kappa shape index (κ3) is 5.61. The Labute approximate surface area is 122 Å². The van der Waals surface area contributed by atoms with Gasteiger partial charge in [-0.05, 0) is 38.4 Å². The molecule has 0 N–H and O–H groups in total. The average Bonchev–Trinajstić information content (AvgIpc) is 2.84. The topological polar surface area (TPSA) is 12.5 Å². The minimum atomic E-state index is 0.127. The molecule has 2 unspecified atom stereocenters. The van der Waals surface area contributed by atoms with Crippen LogP contribution in [-0.2, 0) is 4.74 Å². The summed E-state index contributed by atoms with van der Waals surface area (Å²) < 4.78 is 7.11. The van der Waals surface area contributed by atoms with Crippen molar-refractivity contribution in [3.05, 3.63) is 22.4 Å². The first-order chi connectivity index (χ1) is 8.84. The van der Waals surface area contributed by atoms with Crippen molar-refractivity contribution in [2.45, 2.75) is 32.6 Å². The third-order valence-corrected chi connectivity index (χ3v) is 4.21. The summed E-state index contributed by atoms with van der Waals surface area (Å²) in [6, 6.07) is 4.27. The minimum absolute atomic E-state index is 0.127. The number of thiophene rings is 1. The lowest BCUT2D eigenvalue weighted by Gasteiger charge is -2.35. The molecule has 0 spiro atoms. The molecule has 110 valence electrons. The maximum absolute atomic E-state index is 6.31. The Morgan fingerprint density at radius 3 is 2.53 bits per heavy atom. The van der Waals surface area contributed by atoms with Crippen LogP contribution in [0.15, 0.2) is 17.5 Å². The molecule has 0 aliphatic heterocycles. The Balaban J connectivity index is 2.59. The van der Waals surface area contributed by atoms with Crippen molar-refractivity contribution in [1.29, 1.82) is 0 Å². The van der Waals surface area contributed by atoms with Crippen LogP contribution in [0.2, 0.25) is 0 Å². The Morgan fingerprint density at radius 2 is 2.05 bits per heavy atom. The molecule has 0 radical (unpaired) electrons. The first-order valence-corrected chi connectivity index (χ1v) is 7.91. The molecular formula is C15H29N2OS+. The van der Waals surface area contributed by atoms with E-state index in [2.05, 4.69) is 64.5 Å². The van der Waals surface area contributed by atoms with Gasteiger partial charge in [-0.2, -0.15) is 0 Å². The zero-order valence-corrected chi connectivity index (χ0v) is 14.0. The quantitative estimate of drug-likeness (QED) is 0.537. The van der Waals surface area contributed by atoms with Crippen molar-refractivity contribution in [2.24, 2.45) is 0 Å². The predicted octanol–water partition coefficient (Wildman–Crippen LogP) is 3.20. The summed E-state index contributed by atoms with van der Waals surface area (Å²) in [5, 5.41) is 2.12. The van der Waals surface area contributed by atoms with E-state index in [-0.39, 0.29) is 12.3 Å². The fraction of sp³-hybridized carbons (Fsp3) is 0.733. The molecule has 0 saturated carbocycles. The Kier molecular flexibility index (Phi) is 6.47. The molecule has 1 rings (SSSR count). The second-order valence-electron chi connectivity index (χ2n) is 6.12. The van der Waals surface area contributed by atoms with Crippen LogP contribution in [0.25, 0.3) is 0 Å². The van der Waals surface area contributed by atoms with E-state index in [0.717, 1.165) is 24.0 Å². The summed E-state index contributed by atoms with van der Waals surface area (Å²) in [5.41, 5.74) is 0. The Hall–Kier alpha value is -0.420. The van der Waals surface area contributed by atoms with Crippen LogP contribution >= 0.6 is 11.3 Å². The largest absolute Gasteiger partial charge is 0.321 e. The number of ether oxygens (including phenoxy) is 1. The molecule has 1 aromatic rings. The first-order valence-electron chi connectivity index (χ1n) is 7.03. The van der Waals surface area contributed by atoms with Crippen molar-refractivity contribution >= 4 is 11.3 Å². The van der Waals surface area contributed by atoms with E-state index >= 15 is 0 Å². The summed E-state index contributed by atoms with van der Waals surface area (Å²) in [7, 11) is 8.73. The van der Waals surface area contributed by atoms with Gasteiger partial charge in [-0.1, -0.05) is 13.0 Å². The Bertz CT molecular complexity index is 346. The van der Waals surface area contributed by atoms with Gasteiger partial charge < -0.3 is 14.1 Å². The highest BCUT2D eigenvalue weighted by Gasteiger charge is 2.29. The van der Waals surface area contributed by atoms with Crippen LogP contribution in [0, 0.1) is 0 Å². The highest BCUT2D eigenvalue weighted by Crippen LogP contribution is 2.30. The molecule has 3 nitrogen and oxygen atoms in total. The second-order valence-corrected chi connectivity index (χ2v) is 7.09. The van der Waals surface area contributed by atoms with Crippen molar-refractivity contribution in [1.82, 2.24) is 4.90 Å². The van der Waals surface area contributed by atoms with E-state index in [1.807, 2.05) is 0 Å². The highest BCUT2D eigenvalue weighted by molar-refractivity contribution is 7.10. The second kappa shape index (κ2) is 7.39. The normalized spacial score (nSPS) is 15.7. The average molecular weight is 285 g/mol. The molecule has 0 bridgehead atoms. The van der Waals surface area contributed by atoms with Crippen LogP contribution in [0.3, 0.4) is 0 Å². The molecule has 0 saturated heterocycles. The zero-order chi connectivity index (χ0) is 14.5. The van der Waals surface area contributed by atoms with Gasteiger partial charge in [0.25, 0.3) is 0 Å². The standard InChI is InChI=1S/C15H29N2OS/c1-7-16(3)11-10-13(2)18-15(17(4,5)6)14-9-8-12-19-14/h8-9,12-13,15H,7,10-11H2,1-6H3/q+1. The number of quaternary nitrogens is 1. The minimum Gasteiger partial charge on any atom is -0.321 e. The molecule has 19 heavy (non-hydrogen) atoms. The lowest BCUT2D eigenvalue weighted by Crippen LogP contribution is -2.41. The number of hydrogen-bond acceptors (Lipinski definition) is 3. The van der Waals surface area contributed by atoms with E-state index < -0.39 is 0 Å². The molecule has 0 aromatic carbocycles. The van der Waals surface area contributed by atoms with Gasteiger partial charge in [-0.15, -0.1) is 11.3 Å². The fourth-order valence-electron chi connectivity index (χ4n) is 1.91. The number of rotatable bonds is 8. The summed E-state index contributed by atoms with van der Waals surface area (Å²) in [5.74, 6) is 0. The van der Waals surface area contributed by atoms with E-state index in [9.17, 15) is 0 Å². The third-order valence-electron chi connectivity index (χ3n) is 3.31. The maximum atomic E-state index is 6.31. The molecule has 0 aliphatic rings. The van der Waals surface area contributed by atoms with Crippen molar-refractivity contribution in [2.75, 3.05) is 41.3 Å². The van der Waals surface area contributed by atoms with Crippen LogP contribution in [0.5, 0.6) is 0 Å². The molecule has 0 fully saturated rings. The van der Waals surface area contributed by atoms with Crippen LogP contribution in [-0.4, -0.2) is 56.8 Å². The predicted molar refractivity (Wildman–Crippen MR) is 83.4 cm³/mol. The summed E-state index contributed by atoms with van der Waals surface area (Å²) in [6.45, 7) is 6.55. The van der Waals surface area contributed by atoms with Gasteiger partial charge in [0.05, 0.1) is 32.1 Å². The van der Waals surface area contributed by atoms with E-state index in [1.54, 1.807) is 11.3 Å². The number of nitrogens with zero attached hydrogens (tertiary/aromatic N) is 2. The van der Waals surface area contributed by atoms with Gasteiger partial charge in [0, 0.05) is 6.54 Å². The molecule has 0 aliphatic carbocycles. The van der Waals surface area contributed by atoms with E-state index in [1.165, 1.54) is 4.88 Å². The van der Waals surface area contributed by atoms with Crippen LogP contribution in [0.1, 0.15) is 31.4 Å². The molecule has 4 heteroatoms. The zero-order valence-electron chi connectivity index (χ0n) is 13.2. The van der Waals surface area contributed by atoms with Gasteiger partial charge >= 0.3 is 0 Å². The first kappa shape index (κ1) is 16.6. The lowest BCUT2D eigenvalue weighted by molar-refractivity contribution is -0.927.